The maximum Gasteiger partial charge on any atom is 0.214 e. The summed E-state index contributed by atoms with van der Waals surface area (Å²) in [4.78, 5) is 24.3. The Kier molecular flexibility index (Phi) is 5.31. The van der Waals surface area contributed by atoms with Crippen LogP contribution in [0.2, 0.25) is 0 Å². The normalized spacial score (nSPS) is 26.2. The number of aliphatic hydroxyl groups is 1. The van der Waals surface area contributed by atoms with Crippen molar-refractivity contribution in [3.63, 3.8) is 0 Å². The summed E-state index contributed by atoms with van der Waals surface area (Å²) in [6.45, 7) is 7.39. The highest BCUT2D eigenvalue weighted by atomic mass is 35.5. The Morgan fingerprint density at radius 3 is 2.71 bits per heavy atom. The van der Waals surface area contributed by atoms with Gasteiger partial charge in [0.15, 0.2) is 5.60 Å². The first kappa shape index (κ1) is 18.4. The zero-order valence-electron chi connectivity index (χ0n) is 14.2. The highest BCUT2D eigenvalue weighted by molar-refractivity contribution is 6.49. The lowest BCUT2D eigenvalue weighted by Crippen LogP contribution is -2.48. The van der Waals surface area contributed by atoms with Crippen LogP contribution in [0.3, 0.4) is 0 Å². The third kappa shape index (κ3) is 3.45. The van der Waals surface area contributed by atoms with Crippen molar-refractivity contribution in [2.45, 2.75) is 39.7 Å². The lowest BCUT2D eigenvalue weighted by atomic mass is 9.80. The predicted molar refractivity (Wildman–Crippen MR) is 93.1 cm³/mol. The molecule has 1 heterocycles. The summed E-state index contributed by atoms with van der Waals surface area (Å²) in [5.41, 5.74) is -0.671. The second kappa shape index (κ2) is 6.91. The number of fused-ring (bicyclic) bond motifs is 1. The summed E-state index contributed by atoms with van der Waals surface area (Å²) in [5.74, 6) is -0.559. The van der Waals surface area contributed by atoms with Gasteiger partial charge in [-0.25, -0.2) is 0 Å². The molecule has 1 N–H and O–H groups in total. The van der Waals surface area contributed by atoms with Gasteiger partial charge in [-0.3, -0.25) is 9.59 Å². The number of carbonyl (C=O) groups excluding carboxylic acids is 2. The molecule has 2 aliphatic rings. The molecule has 1 aliphatic carbocycles. The fourth-order valence-corrected chi connectivity index (χ4v) is 2.77. The van der Waals surface area contributed by atoms with Gasteiger partial charge < -0.3 is 9.84 Å². The Balaban J connectivity index is 2.31. The molecule has 24 heavy (non-hydrogen) atoms. The average Bonchev–Trinajstić information content (AvgIpc) is 2.56. The summed E-state index contributed by atoms with van der Waals surface area (Å²) in [6.07, 6.45) is 9.62. The Morgan fingerprint density at radius 2 is 2.08 bits per heavy atom. The van der Waals surface area contributed by atoms with E-state index in [1.54, 1.807) is 6.08 Å². The molecular weight excluding hydrogens is 328 g/mol. The van der Waals surface area contributed by atoms with Crippen molar-refractivity contribution in [3.8, 4) is 0 Å². The van der Waals surface area contributed by atoms with Crippen molar-refractivity contribution in [1.82, 2.24) is 0 Å². The van der Waals surface area contributed by atoms with Crippen LogP contribution >= 0.6 is 11.6 Å². The van der Waals surface area contributed by atoms with Crippen LogP contribution in [0.5, 0.6) is 0 Å². The van der Waals surface area contributed by atoms with Crippen LogP contribution in [0, 0.1) is 5.92 Å². The van der Waals surface area contributed by atoms with Crippen molar-refractivity contribution < 1.29 is 19.4 Å². The summed E-state index contributed by atoms with van der Waals surface area (Å²) >= 11 is 6.05. The molecule has 0 aromatic carbocycles. The smallest absolute Gasteiger partial charge is 0.214 e. The highest BCUT2D eigenvalue weighted by Gasteiger charge is 2.48. The van der Waals surface area contributed by atoms with Gasteiger partial charge in [0.1, 0.15) is 12.0 Å². The second-order valence-electron chi connectivity index (χ2n) is 6.28. The maximum atomic E-state index is 12.2. The van der Waals surface area contributed by atoms with Crippen LogP contribution < -0.4 is 0 Å². The molecule has 0 aromatic heterocycles. The molecule has 0 saturated heterocycles. The molecule has 0 aromatic rings. The summed E-state index contributed by atoms with van der Waals surface area (Å²) in [5, 5.41) is 9.85. The third-order valence-electron chi connectivity index (χ3n) is 4.16. The number of allylic oxidation sites excluding steroid dienone is 6. The molecule has 0 unspecified atom stereocenters. The van der Waals surface area contributed by atoms with E-state index in [2.05, 4.69) is 19.9 Å². The third-order valence-corrected chi connectivity index (χ3v) is 4.53. The van der Waals surface area contributed by atoms with Crippen molar-refractivity contribution in [1.29, 1.82) is 0 Å². The Bertz CT molecular complexity index is 732. The van der Waals surface area contributed by atoms with Crippen molar-refractivity contribution >= 4 is 23.2 Å². The maximum absolute atomic E-state index is 12.2. The molecule has 0 spiro atoms. The molecule has 0 radical (unpaired) electrons. The monoisotopic (exact) mass is 348 g/mol. The Morgan fingerprint density at radius 1 is 1.42 bits per heavy atom. The number of Topliss-reactive ketones (excluding diaryl/α,β-unsaturated/α-hetero) is 2. The molecular formula is C19H21ClO4. The number of carbonyl (C=O) groups is 2. The lowest BCUT2D eigenvalue weighted by molar-refractivity contribution is -0.144. The molecule has 2 atom stereocenters. The fraction of sp³-hybridized carbons (Fsp3) is 0.368. The van der Waals surface area contributed by atoms with E-state index in [4.69, 9.17) is 16.3 Å². The van der Waals surface area contributed by atoms with Gasteiger partial charge in [-0.2, -0.15) is 0 Å². The fourth-order valence-electron chi connectivity index (χ4n) is 2.43. The van der Waals surface area contributed by atoms with Crippen LogP contribution in [0.1, 0.15) is 34.1 Å². The first-order chi connectivity index (χ1) is 11.2. The number of ketones is 2. The number of ether oxygens (including phenoxy) is 1. The number of rotatable bonds is 4. The summed E-state index contributed by atoms with van der Waals surface area (Å²) < 4.78 is 5.43. The molecule has 1 aliphatic heterocycles. The van der Waals surface area contributed by atoms with Gasteiger partial charge in [0.05, 0.1) is 10.6 Å². The second-order valence-corrected chi connectivity index (χ2v) is 6.66. The van der Waals surface area contributed by atoms with Gasteiger partial charge in [-0.05, 0) is 31.9 Å². The Labute approximate surface area is 146 Å². The molecule has 4 nitrogen and oxygen atoms in total. The van der Waals surface area contributed by atoms with E-state index in [-0.39, 0.29) is 16.2 Å². The van der Waals surface area contributed by atoms with Crippen LogP contribution in [0.25, 0.3) is 0 Å². The van der Waals surface area contributed by atoms with Crippen LogP contribution in [-0.2, 0) is 14.3 Å². The van der Waals surface area contributed by atoms with Gasteiger partial charge in [0.2, 0.25) is 11.6 Å². The van der Waals surface area contributed by atoms with E-state index in [9.17, 15) is 14.7 Å². The van der Waals surface area contributed by atoms with Gasteiger partial charge in [-0.15, -0.1) is 0 Å². The number of halogens is 1. The number of hydrogen-bond acceptors (Lipinski definition) is 4. The average molecular weight is 349 g/mol. The quantitative estimate of drug-likeness (QED) is 0.621. The van der Waals surface area contributed by atoms with E-state index in [0.717, 1.165) is 18.9 Å². The van der Waals surface area contributed by atoms with Crippen molar-refractivity contribution in [2.75, 3.05) is 0 Å². The van der Waals surface area contributed by atoms with Gasteiger partial charge in [0, 0.05) is 5.57 Å². The van der Waals surface area contributed by atoms with Crippen molar-refractivity contribution in [3.05, 3.63) is 58.1 Å². The van der Waals surface area contributed by atoms with Gasteiger partial charge in [-0.1, -0.05) is 49.6 Å². The van der Waals surface area contributed by atoms with Crippen molar-refractivity contribution in [2.24, 2.45) is 5.92 Å². The first-order valence-electron chi connectivity index (χ1n) is 7.85. The minimum absolute atomic E-state index is 0.105. The molecule has 0 bridgehead atoms. The molecule has 2 rings (SSSR count). The molecule has 0 saturated carbocycles. The van der Waals surface area contributed by atoms with E-state index >= 15 is 0 Å². The van der Waals surface area contributed by atoms with Gasteiger partial charge in [0.25, 0.3) is 0 Å². The molecule has 0 amide bonds. The standard InChI is InChI=1S/C19H21ClO4/c1-5-11(2)8-12(3)6-7-13-9-14-15(10-24-13)17(21)19(4,23)18(22)16(14)20/h6-11,23H,5H2,1-4H3/t11-,19+/m0/s1. The molecule has 5 heteroatoms. The van der Waals surface area contributed by atoms with E-state index in [1.807, 2.05) is 13.0 Å². The molecule has 0 fully saturated rings. The zero-order valence-corrected chi connectivity index (χ0v) is 15.0. The van der Waals surface area contributed by atoms with Crippen LogP contribution in [0.4, 0.5) is 0 Å². The van der Waals surface area contributed by atoms with E-state index in [1.165, 1.54) is 12.3 Å². The highest BCUT2D eigenvalue weighted by Crippen LogP contribution is 2.36. The van der Waals surface area contributed by atoms with E-state index in [0.29, 0.717) is 11.7 Å². The number of hydrogen-bond donors (Lipinski definition) is 1. The van der Waals surface area contributed by atoms with Gasteiger partial charge >= 0.3 is 0 Å². The summed E-state index contributed by atoms with van der Waals surface area (Å²) in [6, 6.07) is 0. The minimum atomic E-state index is -2.15. The zero-order chi connectivity index (χ0) is 18.1. The largest absolute Gasteiger partial charge is 0.464 e. The first-order valence-corrected chi connectivity index (χ1v) is 8.23. The predicted octanol–water partition coefficient (Wildman–Crippen LogP) is 3.73. The SMILES string of the molecule is CC[C@H](C)C=C(C)C=CC1=CC2=C(Cl)C(=O)[C@](C)(O)C(=O)C2=CO1. The molecule has 128 valence electrons. The lowest BCUT2D eigenvalue weighted by Gasteiger charge is -2.29. The van der Waals surface area contributed by atoms with E-state index < -0.39 is 17.2 Å². The van der Waals surface area contributed by atoms with Crippen LogP contribution in [-0.4, -0.2) is 22.3 Å². The minimum Gasteiger partial charge on any atom is -0.464 e. The Hall–Kier alpha value is -1.91. The van der Waals surface area contributed by atoms with Crippen LogP contribution in [0.15, 0.2) is 58.1 Å². The topological polar surface area (TPSA) is 63.6 Å². The summed E-state index contributed by atoms with van der Waals surface area (Å²) in [7, 11) is 0.